The largest absolute Gasteiger partial charge is 0.496 e. The molecule has 0 aliphatic heterocycles. The molecule has 0 saturated carbocycles. The van der Waals surface area contributed by atoms with E-state index in [1.807, 2.05) is 49.4 Å². The summed E-state index contributed by atoms with van der Waals surface area (Å²) in [6.45, 7) is 2.58. The molecule has 1 amide bonds. The van der Waals surface area contributed by atoms with Crippen molar-refractivity contribution in [3.63, 3.8) is 0 Å². The van der Waals surface area contributed by atoms with E-state index in [0.29, 0.717) is 28.2 Å². The minimum atomic E-state index is -0.347. The average Bonchev–Trinajstić information content (AvgIpc) is 3.21. The third-order valence-electron chi connectivity index (χ3n) is 5.36. The fourth-order valence-corrected chi connectivity index (χ4v) is 3.99. The van der Waals surface area contributed by atoms with Crippen molar-refractivity contribution < 1.29 is 18.7 Å². The van der Waals surface area contributed by atoms with Gasteiger partial charge in [-0.1, -0.05) is 36.4 Å². The Bertz CT molecular complexity index is 1400. The number of aromatic nitrogens is 2. The van der Waals surface area contributed by atoms with Crippen LogP contribution >= 0.6 is 15.9 Å². The third-order valence-corrected chi connectivity index (χ3v) is 5.94. The number of halogens is 2. The van der Waals surface area contributed by atoms with E-state index >= 15 is 0 Å². The van der Waals surface area contributed by atoms with Crippen LogP contribution in [0.2, 0.25) is 0 Å². The van der Waals surface area contributed by atoms with E-state index in [4.69, 9.17) is 9.47 Å². The molecule has 36 heavy (non-hydrogen) atoms. The van der Waals surface area contributed by atoms with Gasteiger partial charge in [-0.15, -0.1) is 0 Å². The summed E-state index contributed by atoms with van der Waals surface area (Å²) >= 11 is 3.40. The molecule has 1 aromatic heterocycles. The second-order valence-electron chi connectivity index (χ2n) is 8.11. The van der Waals surface area contributed by atoms with E-state index in [-0.39, 0.29) is 18.3 Å². The van der Waals surface area contributed by atoms with Crippen molar-refractivity contribution in [3.05, 3.63) is 112 Å². The minimum Gasteiger partial charge on any atom is -0.496 e. The summed E-state index contributed by atoms with van der Waals surface area (Å²) < 4.78 is 27.5. The first-order chi connectivity index (χ1) is 17.4. The molecule has 3 aromatic carbocycles. The lowest BCUT2D eigenvalue weighted by molar-refractivity contribution is -0.111. The average molecular weight is 550 g/mol. The molecule has 8 heteroatoms. The molecular formula is C28H25BrFN3O3. The Kier molecular flexibility index (Phi) is 8.17. The smallest absolute Gasteiger partial charge is 0.249 e. The molecule has 1 heterocycles. The van der Waals surface area contributed by atoms with Crippen molar-refractivity contribution in [2.45, 2.75) is 20.1 Å². The highest BCUT2D eigenvalue weighted by Gasteiger charge is 2.11. The molecule has 6 nitrogen and oxygen atoms in total. The number of benzene rings is 3. The Morgan fingerprint density at radius 2 is 1.94 bits per heavy atom. The van der Waals surface area contributed by atoms with Crippen molar-refractivity contribution in [2.75, 3.05) is 12.4 Å². The number of amides is 1. The molecule has 184 valence electrons. The molecule has 0 radical (unpaired) electrons. The minimum absolute atomic E-state index is 0.246. The third kappa shape index (κ3) is 6.60. The Hall–Kier alpha value is -3.91. The maximum absolute atomic E-state index is 13.9. The Labute approximate surface area is 217 Å². The van der Waals surface area contributed by atoms with Gasteiger partial charge in [0.1, 0.15) is 23.9 Å². The van der Waals surface area contributed by atoms with Gasteiger partial charge in [0.15, 0.2) is 5.82 Å². The molecule has 4 aromatic rings. The lowest BCUT2D eigenvalue weighted by atomic mass is 10.1. The molecule has 0 atom stereocenters. The molecular weight excluding hydrogens is 525 g/mol. The highest BCUT2D eigenvalue weighted by atomic mass is 79.9. The molecule has 0 fully saturated rings. The summed E-state index contributed by atoms with van der Waals surface area (Å²) in [5, 5.41) is 7.08. The molecule has 0 saturated heterocycles. The van der Waals surface area contributed by atoms with Gasteiger partial charge in [0.05, 0.1) is 18.1 Å². The van der Waals surface area contributed by atoms with E-state index < -0.39 is 0 Å². The van der Waals surface area contributed by atoms with E-state index in [1.165, 1.54) is 12.1 Å². The number of hydrogen-bond acceptors (Lipinski definition) is 4. The van der Waals surface area contributed by atoms with E-state index in [1.54, 1.807) is 42.3 Å². The Balaban J connectivity index is 1.40. The predicted molar refractivity (Wildman–Crippen MR) is 142 cm³/mol. The van der Waals surface area contributed by atoms with Crippen LogP contribution in [0.5, 0.6) is 11.5 Å². The lowest BCUT2D eigenvalue weighted by Crippen LogP contribution is -2.10. The van der Waals surface area contributed by atoms with Crippen molar-refractivity contribution >= 4 is 33.7 Å². The fraction of sp³-hybridized carbons (Fsp3) is 0.143. The summed E-state index contributed by atoms with van der Waals surface area (Å²) in [4.78, 5) is 12.5. The van der Waals surface area contributed by atoms with Gasteiger partial charge in [-0.05, 0) is 70.4 Å². The van der Waals surface area contributed by atoms with Gasteiger partial charge in [-0.25, -0.2) is 4.39 Å². The molecule has 0 bridgehead atoms. The van der Waals surface area contributed by atoms with Crippen molar-refractivity contribution in [1.82, 2.24) is 9.78 Å². The van der Waals surface area contributed by atoms with Gasteiger partial charge < -0.3 is 14.8 Å². The number of ether oxygens (including phenoxy) is 2. The number of carbonyl (C=O) groups is 1. The standard InChI is InChI=1S/C28H25BrFN3O3/c1-19-6-5-8-23(14-19)36-18-22-15-20(10-12-26(22)35-2)11-13-27(34)31-28-24(29)17-33(32-28)16-21-7-3-4-9-25(21)30/h3-15,17H,16,18H2,1-2H3,(H,31,32,34)/b13-11+. The number of rotatable bonds is 9. The molecule has 0 spiro atoms. The van der Waals surface area contributed by atoms with Crippen LogP contribution in [0, 0.1) is 12.7 Å². The summed E-state index contributed by atoms with van der Waals surface area (Å²) in [5.74, 6) is 1.18. The van der Waals surface area contributed by atoms with Gasteiger partial charge in [0.25, 0.3) is 0 Å². The van der Waals surface area contributed by atoms with E-state index in [0.717, 1.165) is 22.4 Å². The highest BCUT2D eigenvalue weighted by Crippen LogP contribution is 2.24. The summed E-state index contributed by atoms with van der Waals surface area (Å²) in [7, 11) is 1.61. The number of hydrogen-bond donors (Lipinski definition) is 1. The topological polar surface area (TPSA) is 65.4 Å². The number of aryl methyl sites for hydroxylation is 1. The second-order valence-corrected chi connectivity index (χ2v) is 8.97. The summed E-state index contributed by atoms with van der Waals surface area (Å²) in [6.07, 6.45) is 4.82. The highest BCUT2D eigenvalue weighted by molar-refractivity contribution is 9.10. The summed E-state index contributed by atoms with van der Waals surface area (Å²) in [5.41, 5.74) is 3.30. The first kappa shape index (κ1) is 25.2. The molecule has 0 unspecified atom stereocenters. The SMILES string of the molecule is COc1ccc(/C=C/C(=O)Nc2nn(Cc3ccccc3F)cc2Br)cc1COc1cccc(C)c1. The van der Waals surface area contributed by atoms with Crippen LogP contribution < -0.4 is 14.8 Å². The van der Waals surface area contributed by atoms with E-state index in [9.17, 15) is 9.18 Å². The maximum Gasteiger partial charge on any atom is 0.249 e. The van der Waals surface area contributed by atoms with Gasteiger partial charge >= 0.3 is 0 Å². The van der Waals surface area contributed by atoms with Gasteiger partial charge in [-0.2, -0.15) is 5.10 Å². The molecule has 4 rings (SSSR count). The van der Waals surface area contributed by atoms with Crippen LogP contribution in [0.1, 0.15) is 22.3 Å². The number of carbonyl (C=O) groups excluding carboxylic acids is 1. The van der Waals surface area contributed by atoms with Gasteiger partial charge in [0.2, 0.25) is 5.91 Å². The van der Waals surface area contributed by atoms with Crippen LogP contribution in [0.3, 0.4) is 0 Å². The zero-order valence-corrected chi connectivity index (χ0v) is 21.5. The quantitative estimate of drug-likeness (QED) is 0.246. The normalized spacial score (nSPS) is 11.0. The monoisotopic (exact) mass is 549 g/mol. The van der Waals surface area contributed by atoms with Crippen molar-refractivity contribution in [1.29, 1.82) is 0 Å². The Morgan fingerprint density at radius 1 is 1.11 bits per heavy atom. The Morgan fingerprint density at radius 3 is 2.72 bits per heavy atom. The van der Waals surface area contributed by atoms with Crippen LogP contribution in [-0.4, -0.2) is 22.8 Å². The number of methoxy groups -OCH3 is 1. The number of nitrogens with zero attached hydrogens (tertiary/aromatic N) is 2. The van der Waals surface area contributed by atoms with Gasteiger partial charge in [0, 0.05) is 23.4 Å². The van der Waals surface area contributed by atoms with Crippen molar-refractivity contribution in [2.24, 2.45) is 0 Å². The van der Waals surface area contributed by atoms with Crippen LogP contribution in [0.4, 0.5) is 10.2 Å². The molecule has 0 aliphatic rings. The van der Waals surface area contributed by atoms with Crippen LogP contribution in [0.25, 0.3) is 6.08 Å². The molecule has 0 aliphatic carbocycles. The predicted octanol–water partition coefficient (Wildman–Crippen LogP) is 6.38. The lowest BCUT2D eigenvalue weighted by Gasteiger charge is -2.11. The zero-order valence-electron chi connectivity index (χ0n) is 19.9. The zero-order chi connectivity index (χ0) is 25.5. The van der Waals surface area contributed by atoms with Crippen LogP contribution in [-0.2, 0) is 17.9 Å². The fourth-order valence-electron chi connectivity index (χ4n) is 3.58. The van der Waals surface area contributed by atoms with E-state index in [2.05, 4.69) is 26.3 Å². The number of nitrogens with one attached hydrogen (secondary N) is 1. The van der Waals surface area contributed by atoms with Crippen molar-refractivity contribution in [3.8, 4) is 11.5 Å². The maximum atomic E-state index is 13.9. The first-order valence-corrected chi connectivity index (χ1v) is 12.0. The van der Waals surface area contributed by atoms with Gasteiger partial charge in [-0.3, -0.25) is 9.48 Å². The van der Waals surface area contributed by atoms with Crippen LogP contribution in [0.15, 0.2) is 83.5 Å². The number of anilines is 1. The second kappa shape index (κ2) is 11.7. The summed E-state index contributed by atoms with van der Waals surface area (Å²) in [6, 6.07) is 19.9. The first-order valence-electron chi connectivity index (χ1n) is 11.2. The molecule has 1 N–H and O–H groups in total.